The maximum absolute atomic E-state index is 13.3. The van der Waals surface area contributed by atoms with Gasteiger partial charge in [-0.1, -0.05) is 13.8 Å². The maximum atomic E-state index is 13.3. The number of pyridine rings is 1. The molecule has 1 N–H and O–H groups in total. The van der Waals surface area contributed by atoms with Gasteiger partial charge in [-0.25, -0.2) is 4.79 Å². The molecule has 170 valence electrons. The maximum Gasteiger partial charge on any atom is 0.339 e. The number of H-pyrrole nitrogens is 1. The number of carbonyl (C=O) groups is 3. The second kappa shape index (κ2) is 8.90. The van der Waals surface area contributed by atoms with Gasteiger partial charge in [-0.05, 0) is 42.3 Å². The number of aromatic nitrogens is 2. The molecule has 0 bridgehead atoms. The lowest BCUT2D eigenvalue weighted by molar-refractivity contribution is 0.0599. The molecule has 5 rings (SSSR count). The smallest absolute Gasteiger partial charge is 0.339 e. The van der Waals surface area contributed by atoms with E-state index in [1.165, 1.54) is 19.4 Å². The lowest BCUT2D eigenvalue weighted by Gasteiger charge is -2.24. The Hall–Kier alpha value is -3.94. The summed E-state index contributed by atoms with van der Waals surface area (Å²) < 4.78 is 10.0. The summed E-state index contributed by atoms with van der Waals surface area (Å²) in [7, 11) is 2.89. The highest BCUT2D eigenvalue weighted by molar-refractivity contribution is 6.08. The molecule has 0 radical (unpaired) electrons. The number of likely N-dealkylation sites (tertiary alicyclic amines) is 1. The van der Waals surface area contributed by atoms with Gasteiger partial charge in [0.25, 0.3) is 5.91 Å². The lowest BCUT2D eigenvalue weighted by atomic mass is 9.87. The Morgan fingerprint density at radius 3 is 2.67 bits per heavy atom. The fourth-order valence-electron chi connectivity index (χ4n) is 4.32. The fourth-order valence-corrected chi connectivity index (χ4v) is 4.32. The molecule has 1 aliphatic carbocycles. The molecular formula is C25H25N3O5. The average Bonchev–Trinajstić information content (AvgIpc) is 3.48. The van der Waals surface area contributed by atoms with Crippen molar-refractivity contribution < 1.29 is 23.9 Å². The SMILES string of the molecule is CC.COC(=O)c1cnc2c(c1)C1CCN(C(=O)c3cc4cc(OC)ccc4[nH]3)C1=CC2=O. The summed E-state index contributed by atoms with van der Waals surface area (Å²) in [5.41, 5.74) is 3.14. The van der Waals surface area contributed by atoms with Crippen LogP contribution >= 0.6 is 0 Å². The van der Waals surface area contributed by atoms with Gasteiger partial charge in [0, 0.05) is 41.3 Å². The number of nitrogens with one attached hydrogen (secondary N) is 1. The first kappa shape index (κ1) is 22.3. The summed E-state index contributed by atoms with van der Waals surface area (Å²) in [6.07, 6.45) is 3.46. The van der Waals surface area contributed by atoms with Crippen LogP contribution in [0.2, 0.25) is 0 Å². The molecular weight excluding hydrogens is 422 g/mol. The molecule has 1 aliphatic heterocycles. The number of rotatable bonds is 3. The van der Waals surface area contributed by atoms with Crippen molar-refractivity contribution in [3.05, 3.63) is 70.8 Å². The number of hydrogen-bond acceptors (Lipinski definition) is 6. The Kier molecular flexibility index (Phi) is 6.00. The van der Waals surface area contributed by atoms with Gasteiger partial charge in [-0.3, -0.25) is 14.6 Å². The van der Waals surface area contributed by atoms with Gasteiger partial charge < -0.3 is 19.4 Å². The number of amides is 1. The number of hydrogen-bond donors (Lipinski definition) is 1. The quantitative estimate of drug-likeness (QED) is 0.607. The monoisotopic (exact) mass is 447 g/mol. The van der Waals surface area contributed by atoms with Gasteiger partial charge in [0.05, 0.1) is 19.8 Å². The standard InChI is InChI=1S/C23H19N3O5.C2H6/c1-30-14-3-4-17-12(7-14)9-18(25-17)22(28)26-6-5-15-16-8-13(23(29)31-2)11-24-21(16)20(27)10-19(15)26;1-2/h3-4,7-11,15,25H,5-6H2,1-2H3;1-2H3. The molecule has 1 amide bonds. The van der Waals surface area contributed by atoms with E-state index in [0.717, 1.165) is 10.9 Å². The molecule has 1 fully saturated rings. The van der Waals surface area contributed by atoms with Crippen LogP contribution < -0.4 is 4.74 Å². The third kappa shape index (κ3) is 3.77. The summed E-state index contributed by atoms with van der Waals surface area (Å²) in [4.78, 5) is 46.8. The predicted molar refractivity (Wildman–Crippen MR) is 123 cm³/mol. The highest BCUT2D eigenvalue weighted by atomic mass is 16.5. The number of esters is 1. The number of benzene rings is 1. The molecule has 1 saturated heterocycles. The number of ether oxygens (including phenoxy) is 2. The van der Waals surface area contributed by atoms with Crippen LogP contribution in [0.5, 0.6) is 5.75 Å². The number of fused-ring (bicyclic) bond motifs is 4. The Balaban J connectivity index is 0.00000126. The van der Waals surface area contributed by atoms with Crippen molar-refractivity contribution in [1.82, 2.24) is 14.9 Å². The zero-order valence-electron chi connectivity index (χ0n) is 19.0. The van der Waals surface area contributed by atoms with Crippen molar-refractivity contribution in [2.75, 3.05) is 20.8 Å². The van der Waals surface area contributed by atoms with E-state index < -0.39 is 5.97 Å². The van der Waals surface area contributed by atoms with Crippen LogP contribution in [0.4, 0.5) is 0 Å². The van der Waals surface area contributed by atoms with E-state index in [2.05, 4.69) is 9.97 Å². The van der Waals surface area contributed by atoms with Crippen LogP contribution in [0.25, 0.3) is 10.9 Å². The summed E-state index contributed by atoms with van der Waals surface area (Å²) in [6.45, 7) is 4.46. The van der Waals surface area contributed by atoms with Crippen LogP contribution in [-0.4, -0.2) is 53.3 Å². The Labute approximate surface area is 191 Å². The van der Waals surface area contributed by atoms with Crippen LogP contribution in [0.3, 0.4) is 0 Å². The first-order valence-electron chi connectivity index (χ1n) is 10.8. The van der Waals surface area contributed by atoms with Crippen LogP contribution in [0, 0.1) is 0 Å². The summed E-state index contributed by atoms with van der Waals surface area (Å²) in [5, 5.41) is 0.865. The van der Waals surface area contributed by atoms with Gasteiger partial charge >= 0.3 is 5.97 Å². The molecule has 33 heavy (non-hydrogen) atoms. The lowest BCUT2D eigenvalue weighted by Crippen LogP contribution is -2.29. The second-order valence-corrected chi connectivity index (χ2v) is 7.52. The minimum absolute atomic E-state index is 0.182. The van der Waals surface area contributed by atoms with Crippen LogP contribution in [-0.2, 0) is 4.74 Å². The van der Waals surface area contributed by atoms with E-state index in [9.17, 15) is 14.4 Å². The molecule has 8 heteroatoms. The Bertz CT molecular complexity index is 1290. The zero-order valence-corrected chi connectivity index (χ0v) is 19.0. The highest BCUT2D eigenvalue weighted by Crippen LogP contribution is 2.42. The van der Waals surface area contributed by atoms with Crippen molar-refractivity contribution >= 4 is 28.6 Å². The van der Waals surface area contributed by atoms with Gasteiger partial charge in [0.1, 0.15) is 17.1 Å². The van der Waals surface area contributed by atoms with Gasteiger partial charge in [-0.2, -0.15) is 0 Å². The molecule has 3 heterocycles. The van der Waals surface area contributed by atoms with E-state index in [1.807, 2.05) is 32.0 Å². The van der Waals surface area contributed by atoms with Gasteiger partial charge in [0.2, 0.25) is 5.78 Å². The summed E-state index contributed by atoms with van der Waals surface area (Å²) in [5.74, 6) is -0.481. The van der Waals surface area contributed by atoms with Crippen LogP contribution in [0.1, 0.15) is 63.1 Å². The number of allylic oxidation sites excluding steroid dienone is 2. The summed E-state index contributed by atoms with van der Waals surface area (Å²) >= 11 is 0. The van der Waals surface area contributed by atoms with E-state index in [-0.39, 0.29) is 23.2 Å². The molecule has 3 aromatic rings. The average molecular weight is 447 g/mol. The topological polar surface area (TPSA) is 102 Å². The number of carbonyl (C=O) groups excluding carboxylic acids is 3. The molecule has 2 aliphatic rings. The second-order valence-electron chi connectivity index (χ2n) is 7.52. The number of ketones is 1. The van der Waals surface area contributed by atoms with Crippen molar-refractivity contribution in [2.24, 2.45) is 0 Å². The minimum atomic E-state index is -0.515. The number of methoxy groups -OCH3 is 2. The molecule has 2 aromatic heterocycles. The highest BCUT2D eigenvalue weighted by Gasteiger charge is 2.39. The van der Waals surface area contributed by atoms with Crippen molar-refractivity contribution in [1.29, 1.82) is 0 Å². The predicted octanol–water partition coefficient (Wildman–Crippen LogP) is 4.09. The molecule has 0 saturated carbocycles. The third-order valence-electron chi connectivity index (χ3n) is 5.84. The molecule has 8 nitrogen and oxygen atoms in total. The van der Waals surface area contributed by atoms with Crippen molar-refractivity contribution in [3.8, 4) is 5.75 Å². The minimum Gasteiger partial charge on any atom is -0.497 e. The van der Waals surface area contributed by atoms with Crippen molar-refractivity contribution in [2.45, 2.75) is 26.2 Å². The van der Waals surface area contributed by atoms with E-state index in [4.69, 9.17) is 9.47 Å². The van der Waals surface area contributed by atoms with E-state index in [0.29, 0.717) is 41.4 Å². The van der Waals surface area contributed by atoms with E-state index >= 15 is 0 Å². The normalized spacial score (nSPS) is 16.4. The summed E-state index contributed by atoms with van der Waals surface area (Å²) in [6, 6.07) is 8.97. The van der Waals surface area contributed by atoms with Crippen molar-refractivity contribution in [3.63, 3.8) is 0 Å². The molecule has 1 aromatic carbocycles. The Morgan fingerprint density at radius 1 is 1.15 bits per heavy atom. The van der Waals surface area contributed by atoms with Gasteiger partial charge in [0.15, 0.2) is 0 Å². The van der Waals surface area contributed by atoms with Gasteiger partial charge in [-0.15, -0.1) is 0 Å². The third-order valence-corrected chi connectivity index (χ3v) is 5.84. The van der Waals surface area contributed by atoms with E-state index in [1.54, 1.807) is 24.1 Å². The first-order valence-corrected chi connectivity index (χ1v) is 10.8. The molecule has 0 spiro atoms. The molecule has 1 unspecified atom stereocenters. The fraction of sp³-hybridized carbons (Fsp3) is 0.280. The largest absolute Gasteiger partial charge is 0.497 e. The first-order chi connectivity index (χ1) is 16.0. The zero-order chi connectivity index (χ0) is 23.7. The number of nitrogens with zero attached hydrogens (tertiary/aromatic N) is 2. The number of aromatic amines is 1. The molecule has 1 atom stereocenters. The Morgan fingerprint density at radius 2 is 1.94 bits per heavy atom. The van der Waals surface area contributed by atoms with Crippen LogP contribution in [0.15, 0.2) is 48.3 Å².